The van der Waals surface area contributed by atoms with Gasteiger partial charge < -0.3 is 5.32 Å². The van der Waals surface area contributed by atoms with Crippen molar-refractivity contribution >= 4 is 37.5 Å². The van der Waals surface area contributed by atoms with Crippen LogP contribution < -0.4 is 9.62 Å². The zero-order chi connectivity index (χ0) is 20.4. The first-order valence-corrected chi connectivity index (χ1v) is 11.2. The molecule has 0 aliphatic carbocycles. The fourth-order valence-electron chi connectivity index (χ4n) is 2.95. The van der Waals surface area contributed by atoms with E-state index in [2.05, 4.69) is 40.3 Å². The number of nitrogens with one attached hydrogen (secondary N) is 1. The van der Waals surface area contributed by atoms with Gasteiger partial charge in [-0.2, -0.15) is 0 Å². The van der Waals surface area contributed by atoms with E-state index in [1.54, 1.807) is 24.3 Å². The van der Waals surface area contributed by atoms with Crippen LogP contribution in [0.2, 0.25) is 0 Å². The summed E-state index contributed by atoms with van der Waals surface area (Å²) in [5.74, 6) is -0.353. The van der Waals surface area contributed by atoms with E-state index in [9.17, 15) is 13.2 Å². The van der Waals surface area contributed by atoms with Crippen LogP contribution in [0.25, 0.3) is 0 Å². The standard InChI is InChI=1S/C20H25BrN2O3S/c1-13-10-15(3)19(11-14(13)2)16(4)22-20(24)12-23(27(5,25)26)18-8-6-17(21)7-9-18/h6-11,16H,12H2,1-5H3,(H,22,24). The number of hydrogen-bond acceptors (Lipinski definition) is 3. The third kappa shape index (κ3) is 5.56. The van der Waals surface area contributed by atoms with Crippen LogP contribution in [0.15, 0.2) is 40.9 Å². The lowest BCUT2D eigenvalue weighted by atomic mass is 9.96. The maximum atomic E-state index is 12.6. The number of carbonyl (C=O) groups excluding carboxylic acids is 1. The first kappa shape index (κ1) is 21.4. The number of carbonyl (C=O) groups is 1. The molecule has 2 rings (SSSR count). The molecule has 27 heavy (non-hydrogen) atoms. The van der Waals surface area contributed by atoms with E-state index in [-0.39, 0.29) is 18.5 Å². The summed E-state index contributed by atoms with van der Waals surface area (Å²) in [6.45, 7) is 7.73. The van der Waals surface area contributed by atoms with Crippen LogP contribution in [-0.4, -0.2) is 27.1 Å². The Morgan fingerprint density at radius 2 is 1.63 bits per heavy atom. The molecule has 0 saturated carbocycles. The van der Waals surface area contributed by atoms with Crippen molar-refractivity contribution in [3.05, 3.63) is 63.1 Å². The molecule has 0 bridgehead atoms. The number of anilines is 1. The summed E-state index contributed by atoms with van der Waals surface area (Å²) in [6, 6.07) is 10.8. The highest BCUT2D eigenvalue weighted by molar-refractivity contribution is 9.10. The maximum Gasteiger partial charge on any atom is 0.241 e. The summed E-state index contributed by atoms with van der Waals surface area (Å²) < 4.78 is 26.3. The molecule has 0 radical (unpaired) electrons. The van der Waals surface area contributed by atoms with E-state index < -0.39 is 10.0 Å². The quantitative estimate of drug-likeness (QED) is 0.719. The second kappa shape index (κ2) is 8.44. The molecular formula is C20H25BrN2O3S. The number of benzene rings is 2. The molecule has 1 atom stereocenters. The number of rotatable bonds is 6. The molecule has 7 heteroatoms. The van der Waals surface area contributed by atoms with E-state index in [1.807, 2.05) is 20.8 Å². The molecule has 0 spiro atoms. The summed E-state index contributed by atoms with van der Waals surface area (Å²) in [4.78, 5) is 12.6. The minimum atomic E-state index is -3.59. The van der Waals surface area contributed by atoms with Gasteiger partial charge in [-0.05, 0) is 74.2 Å². The Morgan fingerprint density at radius 3 is 2.19 bits per heavy atom. The number of halogens is 1. The molecule has 1 N–H and O–H groups in total. The molecule has 0 aromatic heterocycles. The summed E-state index contributed by atoms with van der Waals surface area (Å²) in [5.41, 5.74) is 4.93. The van der Waals surface area contributed by atoms with Crippen LogP contribution >= 0.6 is 15.9 Å². The molecule has 5 nitrogen and oxygen atoms in total. The van der Waals surface area contributed by atoms with Crippen molar-refractivity contribution < 1.29 is 13.2 Å². The van der Waals surface area contributed by atoms with Gasteiger partial charge in [0.1, 0.15) is 6.54 Å². The minimum absolute atomic E-state index is 0.219. The second-order valence-electron chi connectivity index (χ2n) is 6.83. The first-order valence-electron chi connectivity index (χ1n) is 8.59. The molecule has 0 heterocycles. The Morgan fingerprint density at radius 1 is 1.07 bits per heavy atom. The number of amides is 1. The normalized spacial score (nSPS) is 12.5. The zero-order valence-corrected chi connectivity index (χ0v) is 18.6. The monoisotopic (exact) mass is 452 g/mol. The topological polar surface area (TPSA) is 66.5 Å². The van der Waals surface area contributed by atoms with Gasteiger partial charge in [0.2, 0.25) is 15.9 Å². The Kier molecular flexibility index (Phi) is 6.70. The smallest absolute Gasteiger partial charge is 0.241 e. The second-order valence-corrected chi connectivity index (χ2v) is 9.65. The molecule has 2 aromatic rings. The van der Waals surface area contributed by atoms with Crippen LogP contribution in [0.1, 0.15) is 35.2 Å². The molecule has 0 aliphatic rings. The van der Waals surface area contributed by atoms with Crippen LogP contribution in [0, 0.1) is 20.8 Å². The number of hydrogen-bond donors (Lipinski definition) is 1. The van der Waals surface area contributed by atoms with Gasteiger partial charge in [0.25, 0.3) is 0 Å². The molecular weight excluding hydrogens is 428 g/mol. The number of aryl methyl sites for hydroxylation is 3. The Balaban J connectivity index is 2.19. The lowest BCUT2D eigenvalue weighted by Crippen LogP contribution is -2.41. The third-order valence-corrected chi connectivity index (χ3v) is 6.20. The van der Waals surface area contributed by atoms with Crippen molar-refractivity contribution in [2.75, 3.05) is 17.1 Å². The van der Waals surface area contributed by atoms with Gasteiger partial charge in [-0.3, -0.25) is 9.10 Å². The molecule has 1 amide bonds. The zero-order valence-electron chi connectivity index (χ0n) is 16.2. The molecule has 1 unspecified atom stereocenters. The largest absolute Gasteiger partial charge is 0.348 e. The van der Waals surface area contributed by atoms with Crippen molar-refractivity contribution in [2.24, 2.45) is 0 Å². The lowest BCUT2D eigenvalue weighted by molar-refractivity contribution is -0.120. The van der Waals surface area contributed by atoms with Crippen LogP contribution in [-0.2, 0) is 14.8 Å². The minimum Gasteiger partial charge on any atom is -0.348 e. The van der Waals surface area contributed by atoms with Crippen LogP contribution in [0.3, 0.4) is 0 Å². The SMILES string of the molecule is Cc1cc(C)c(C(C)NC(=O)CN(c2ccc(Br)cc2)S(C)(=O)=O)cc1C. The number of nitrogens with zero attached hydrogens (tertiary/aromatic N) is 1. The fraction of sp³-hybridized carbons (Fsp3) is 0.350. The van der Waals surface area contributed by atoms with Crippen LogP contribution in [0.5, 0.6) is 0 Å². The van der Waals surface area contributed by atoms with E-state index in [1.165, 1.54) is 5.56 Å². The summed E-state index contributed by atoms with van der Waals surface area (Å²) in [7, 11) is -3.59. The number of sulfonamides is 1. The highest BCUT2D eigenvalue weighted by atomic mass is 79.9. The van der Waals surface area contributed by atoms with Gasteiger partial charge in [-0.25, -0.2) is 8.42 Å². The van der Waals surface area contributed by atoms with Gasteiger partial charge >= 0.3 is 0 Å². The van der Waals surface area contributed by atoms with E-state index in [0.29, 0.717) is 5.69 Å². The van der Waals surface area contributed by atoms with Crippen molar-refractivity contribution in [3.63, 3.8) is 0 Å². The van der Waals surface area contributed by atoms with E-state index >= 15 is 0 Å². The third-order valence-electron chi connectivity index (χ3n) is 4.53. The highest BCUT2D eigenvalue weighted by Gasteiger charge is 2.22. The van der Waals surface area contributed by atoms with Gasteiger partial charge in [0.15, 0.2) is 0 Å². The van der Waals surface area contributed by atoms with Gasteiger partial charge in [-0.15, -0.1) is 0 Å². The Labute approximate surface area is 170 Å². The predicted molar refractivity (Wildman–Crippen MR) is 114 cm³/mol. The van der Waals surface area contributed by atoms with Crippen molar-refractivity contribution in [3.8, 4) is 0 Å². The molecule has 0 aliphatic heterocycles. The van der Waals surface area contributed by atoms with E-state index in [4.69, 9.17) is 0 Å². The average molecular weight is 453 g/mol. The fourth-order valence-corrected chi connectivity index (χ4v) is 4.07. The Bertz CT molecular complexity index is 940. The van der Waals surface area contributed by atoms with Gasteiger partial charge in [-0.1, -0.05) is 28.1 Å². The Hall–Kier alpha value is -1.86. The van der Waals surface area contributed by atoms with Crippen molar-refractivity contribution in [1.82, 2.24) is 5.32 Å². The summed E-state index contributed by atoms with van der Waals surface area (Å²) in [5, 5.41) is 2.91. The van der Waals surface area contributed by atoms with Crippen molar-refractivity contribution in [1.29, 1.82) is 0 Å². The summed E-state index contributed by atoms with van der Waals surface area (Å²) >= 11 is 3.32. The molecule has 0 fully saturated rings. The summed E-state index contributed by atoms with van der Waals surface area (Å²) in [6.07, 6.45) is 1.10. The highest BCUT2D eigenvalue weighted by Crippen LogP contribution is 2.23. The van der Waals surface area contributed by atoms with Crippen molar-refractivity contribution in [2.45, 2.75) is 33.7 Å². The molecule has 146 valence electrons. The lowest BCUT2D eigenvalue weighted by Gasteiger charge is -2.24. The molecule has 2 aromatic carbocycles. The first-order chi connectivity index (χ1) is 12.5. The van der Waals surface area contributed by atoms with Crippen LogP contribution in [0.4, 0.5) is 5.69 Å². The van der Waals surface area contributed by atoms with Gasteiger partial charge in [0.05, 0.1) is 18.0 Å². The predicted octanol–water partition coefficient (Wildman–Crippen LogP) is 4.02. The maximum absolute atomic E-state index is 12.6. The molecule has 0 saturated heterocycles. The van der Waals surface area contributed by atoms with Gasteiger partial charge in [0, 0.05) is 4.47 Å². The average Bonchev–Trinajstić information content (AvgIpc) is 2.56. The van der Waals surface area contributed by atoms with E-state index in [0.717, 1.165) is 31.7 Å².